The number of methoxy groups -OCH3 is 2. The van der Waals surface area contributed by atoms with Crippen molar-refractivity contribution in [2.45, 2.75) is 32.0 Å². The second-order valence-corrected chi connectivity index (χ2v) is 2.72. The molecule has 0 aromatic rings. The molecule has 0 aromatic carbocycles. The first-order valence-corrected chi connectivity index (χ1v) is 3.87. The number of carbonyl (C=O) groups is 1. The lowest BCUT2D eigenvalue weighted by atomic mass is 10.1. The zero-order chi connectivity index (χ0) is 9.56. The first-order valence-electron chi connectivity index (χ1n) is 3.87. The van der Waals surface area contributed by atoms with Crippen LogP contribution in [0.25, 0.3) is 0 Å². The van der Waals surface area contributed by atoms with E-state index in [-0.39, 0.29) is 12.5 Å². The molecule has 0 aliphatic heterocycles. The Morgan fingerprint density at radius 3 is 2.50 bits per heavy atom. The van der Waals surface area contributed by atoms with Gasteiger partial charge in [0.2, 0.25) is 0 Å². The molecule has 0 radical (unpaired) electrons. The molecule has 0 spiro atoms. The van der Waals surface area contributed by atoms with Crippen LogP contribution in [-0.2, 0) is 14.3 Å². The number of hydrogen-bond donors (Lipinski definition) is 1. The molecule has 1 N–H and O–H groups in total. The standard InChI is InChI=1S/C8H16O4/c1-6(11-2)4-7(9)5-8(10)12-3/h6-7,9H,4-5H2,1-3H3. The summed E-state index contributed by atoms with van der Waals surface area (Å²) in [4.78, 5) is 10.7. The predicted molar refractivity (Wildman–Crippen MR) is 43.7 cm³/mol. The van der Waals surface area contributed by atoms with Gasteiger partial charge in [-0.25, -0.2) is 0 Å². The maximum absolute atomic E-state index is 10.7. The quantitative estimate of drug-likeness (QED) is 0.613. The fraction of sp³-hybridized carbons (Fsp3) is 0.875. The monoisotopic (exact) mass is 176 g/mol. The van der Waals surface area contributed by atoms with Crippen molar-refractivity contribution in [3.8, 4) is 0 Å². The minimum absolute atomic E-state index is 0.0319. The van der Waals surface area contributed by atoms with Crippen LogP contribution in [0, 0.1) is 0 Å². The Kier molecular flexibility index (Phi) is 5.66. The van der Waals surface area contributed by atoms with Crippen molar-refractivity contribution in [1.82, 2.24) is 0 Å². The molecule has 72 valence electrons. The van der Waals surface area contributed by atoms with Crippen molar-refractivity contribution in [1.29, 1.82) is 0 Å². The lowest BCUT2D eigenvalue weighted by Crippen LogP contribution is -2.20. The molecule has 0 aliphatic carbocycles. The average molecular weight is 176 g/mol. The van der Waals surface area contributed by atoms with E-state index in [2.05, 4.69) is 4.74 Å². The molecule has 4 heteroatoms. The van der Waals surface area contributed by atoms with E-state index in [1.54, 1.807) is 7.11 Å². The molecule has 0 heterocycles. The summed E-state index contributed by atoms with van der Waals surface area (Å²) >= 11 is 0. The third kappa shape index (κ3) is 5.09. The van der Waals surface area contributed by atoms with Gasteiger partial charge in [0.05, 0.1) is 25.7 Å². The molecule has 0 bridgehead atoms. The maximum Gasteiger partial charge on any atom is 0.308 e. The van der Waals surface area contributed by atoms with Gasteiger partial charge in [-0.1, -0.05) is 0 Å². The summed E-state index contributed by atoms with van der Waals surface area (Å²) < 4.78 is 9.32. The number of aliphatic hydroxyl groups is 1. The van der Waals surface area contributed by atoms with Crippen LogP contribution in [0.2, 0.25) is 0 Å². The van der Waals surface area contributed by atoms with Crippen molar-refractivity contribution in [3.05, 3.63) is 0 Å². The van der Waals surface area contributed by atoms with Crippen LogP contribution in [0.4, 0.5) is 0 Å². The molecule has 0 amide bonds. The van der Waals surface area contributed by atoms with Crippen LogP contribution >= 0.6 is 0 Å². The summed E-state index contributed by atoms with van der Waals surface area (Å²) in [5.41, 5.74) is 0. The number of ether oxygens (including phenoxy) is 2. The number of rotatable bonds is 5. The first kappa shape index (κ1) is 11.4. The van der Waals surface area contributed by atoms with Crippen LogP contribution < -0.4 is 0 Å². The van der Waals surface area contributed by atoms with E-state index in [1.165, 1.54) is 7.11 Å². The first-order chi connectivity index (χ1) is 5.60. The van der Waals surface area contributed by atoms with Gasteiger partial charge in [-0.05, 0) is 13.3 Å². The van der Waals surface area contributed by atoms with E-state index >= 15 is 0 Å². The van der Waals surface area contributed by atoms with Gasteiger partial charge < -0.3 is 14.6 Å². The van der Waals surface area contributed by atoms with Crippen LogP contribution in [0.15, 0.2) is 0 Å². The Bertz CT molecular complexity index is 135. The minimum atomic E-state index is -0.674. The van der Waals surface area contributed by atoms with Crippen molar-refractivity contribution >= 4 is 5.97 Å². The highest BCUT2D eigenvalue weighted by Gasteiger charge is 2.13. The van der Waals surface area contributed by atoms with Crippen LogP contribution in [-0.4, -0.2) is 37.5 Å². The largest absolute Gasteiger partial charge is 0.469 e. The van der Waals surface area contributed by atoms with Crippen molar-refractivity contribution in [3.63, 3.8) is 0 Å². The molecule has 0 aromatic heterocycles. The predicted octanol–water partition coefficient (Wildman–Crippen LogP) is 0.335. The maximum atomic E-state index is 10.7. The molecule has 2 atom stereocenters. The Morgan fingerprint density at radius 1 is 1.50 bits per heavy atom. The summed E-state index contributed by atoms with van der Waals surface area (Å²) in [6, 6.07) is 0. The summed E-state index contributed by atoms with van der Waals surface area (Å²) in [7, 11) is 2.87. The topological polar surface area (TPSA) is 55.8 Å². The second-order valence-electron chi connectivity index (χ2n) is 2.72. The van der Waals surface area contributed by atoms with Gasteiger partial charge in [-0.15, -0.1) is 0 Å². The van der Waals surface area contributed by atoms with Gasteiger partial charge in [0, 0.05) is 7.11 Å². The average Bonchev–Trinajstić information content (AvgIpc) is 2.03. The van der Waals surface area contributed by atoms with Gasteiger partial charge >= 0.3 is 5.97 Å². The summed E-state index contributed by atoms with van der Waals surface area (Å²) in [6.45, 7) is 1.83. The number of aliphatic hydroxyl groups excluding tert-OH is 1. The smallest absolute Gasteiger partial charge is 0.308 e. The fourth-order valence-corrected chi connectivity index (χ4v) is 0.838. The van der Waals surface area contributed by atoms with Gasteiger partial charge in [0.15, 0.2) is 0 Å². The van der Waals surface area contributed by atoms with Gasteiger partial charge in [0.25, 0.3) is 0 Å². The zero-order valence-electron chi connectivity index (χ0n) is 7.74. The fourth-order valence-electron chi connectivity index (χ4n) is 0.838. The minimum Gasteiger partial charge on any atom is -0.469 e. The third-order valence-corrected chi connectivity index (χ3v) is 1.64. The molecule has 0 saturated heterocycles. The Hall–Kier alpha value is -0.610. The van der Waals surface area contributed by atoms with Crippen molar-refractivity contribution < 1.29 is 19.4 Å². The highest BCUT2D eigenvalue weighted by Crippen LogP contribution is 2.05. The Balaban J connectivity index is 3.58. The third-order valence-electron chi connectivity index (χ3n) is 1.64. The zero-order valence-corrected chi connectivity index (χ0v) is 7.74. The van der Waals surface area contributed by atoms with E-state index in [4.69, 9.17) is 4.74 Å². The van der Waals surface area contributed by atoms with Gasteiger partial charge in [-0.3, -0.25) is 4.79 Å². The SMILES string of the molecule is COC(=O)CC(O)CC(C)OC. The molecule has 2 unspecified atom stereocenters. The molecule has 0 saturated carbocycles. The lowest BCUT2D eigenvalue weighted by Gasteiger charge is -2.13. The van der Waals surface area contributed by atoms with Crippen molar-refractivity contribution in [2.75, 3.05) is 14.2 Å². The summed E-state index contributed by atoms with van der Waals surface area (Å²) in [5.74, 6) is -0.397. The van der Waals surface area contributed by atoms with Crippen LogP contribution in [0.3, 0.4) is 0 Å². The number of esters is 1. The van der Waals surface area contributed by atoms with Crippen molar-refractivity contribution in [2.24, 2.45) is 0 Å². The van der Waals surface area contributed by atoms with E-state index < -0.39 is 12.1 Å². The normalized spacial score (nSPS) is 15.3. The van der Waals surface area contributed by atoms with E-state index in [1.807, 2.05) is 6.92 Å². The molecule has 0 fully saturated rings. The second kappa shape index (κ2) is 5.97. The van der Waals surface area contributed by atoms with E-state index in [0.29, 0.717) is 6.42 Å². The van der Waals surface area contributed by atoms with Crippen LogP contribution in [0.1, 0.15) is 19.8 Å². The molecular weight excluding hydrogens is 160 g/mol. The van der Waals surface area contributed by atoms with Gasteiger partial charge in [-0.2, -0.15) is 0 Å². The lowest BCUT2D eigenvalue weighted by molar-refractivity contribution is -0.143. The van der Waals surface area contributed by atoms with E-state index in [0.717, 1.165) is 0 Å². The molecular formula is C8H16O4. The van der Waals surface area contributed by atoms with Crippen LogP contribution in [0.5, 0.6) is 0 Å². The Morgan fingerprint density at radius 2 is 2.08 bits per heavy atom. The molecule has 4 nitrogen and oxygen atoms in total. The molecule has 12 heavy (non-hydrogen) atoms. The molecule has 0 rings (SSSR count). The summed E-state index contributed by atoms with van der Waals surface area (Å²) in [5, 5.41) is 9.27. The highest BCUT2D eigenvalue weighted by molar-refractivity contribution is 5.69. The number of carbonyl (C=O) groups excluding carboxylic acids is 1. The Labute approximate surface area is 72.5 Å². The highest BCUT2D eigenvalue weighted by atomic mass is 16.5. The summed E-state index contributed by atoms with van der Waals surface area (Å²) in [6.07, 6.45) is -0.229. The van der Waals surface area contributed by atoms with E-state index in [9.17, 15) is 9.90 Å². The molecule has 0 aliphatic rings. The number of hydrogen-bond acceptors (Lipinski definition) is 4. The van der Waals surface area contributed by atoms with Gasteiger partial charge in [0.1, 0.15) is 0 Å².